The zero-order valence-electron chi connectivity index (χ0n) is 8.68. The minimum Gasteiger partial charge on any atom is -0.381 e. The summed E-state index contributed by atoms with van der Waals surface area (Å²) in [6, 6.07) is 10.2. The van der Waals surface area contributed by atoms with Crippen LogP contribution < -0.4 is 0 Å². The van der Waals surface area contributed by atoms with Crippen LogP contribution in [0.5, 0.6) is 0 Å². The van der Waals surface area contributed by atoms with Crippen molar-refractivity contribution in [3.05, 3.63) is 48.2 Å². The predicted molar refractivity (Wildman–Crippen MR) is 62.7 cm³/mol. The third-order valence-corrected chi connectivity index (χ3v) is 2.18. The van der Waals surface area contributed by atoms with Crippen LogP contribution in [0.25, 0.3) is 17.0 Å². The lowest BCUT2D eigenvalue weighted by molar-refractivity contribution is 0.234. The van der Waals surface area contributed by atoms with Crippen LogP contribution in [0, 0.1) is 0 Å². The lowest BCUT2D eigenvalue weighted by atomic mass is 10.1. The van der Waals surface area contributed by atoms with Gasteiger partial charge >= 0.3 is 0 Å². The van der Waals surface area contributed by atoms with Crippen molar-refractivity contribution in [2.24, 2.45) is 0 Å². The van der Waals surface area contributed by atoms with E-state index in [1.54, 1.807) is 7.11 Å². The Bertz CT molecular complexity index is 477. The number of pyridine rings is 1. The Balaban J connectivity index is 2.30. The fourth-order valence-electron chi connectivity index (χ4n) is 1.46. The summed E-state index contributed by atoms with van der Waals surface area (Å²) in [7, 11) is 1.68. The van der Waals surface area contributed by atoms with E-state index >= 15 is 0 Å². The Kier molecular flexibility index (Phi) is 3.10. The summed E-state index contributed by atoms with van der Waals surface area (Å²) in [6.07, 6.45) is 5.86. The molecule has 2 aromatic rings. The molecule has 2 rings (SSSR count). The molecule has 0 saturated heterocycles. The van der Waals surface area contributed by atoms with Crippen molar-refractivity contribution < 1.29 is 4.74 Å². The van der Waals surface area contributed by atoms with Gasteiger partial charge in [0.15, 0.2) is 0 Å². The molecule has 2 heteroatoms. The highest BCUT2D eigenvalue weighted by Crippen LogP contribution is 2.13. The monoisotopic (exact) mass is 199 g/mol. The zero-order chi connectivity index (χ0) is 10.5. The van der Waals surface area contributed by atoms with Gasteiger partial charge in [0.2, 0.25) is 0 Å². The quantitative estimate of drug-likeness (QED) is 0.758. The van der Waals surface area contributed by atoms with Crippen molar-refractivity contribution in [1.82, 2.24) is 4.98 Å². The number of rotatable bonds is 3. The predicted octanol–water partition coefficient (Wildman–Crippen LogP) is 2.89. The van der Waals surface area contributed by atoms with Crippen molar-refractivity contribution >= 4 is 17.0 Å². The highest BCUT2D eigenvalue weighted by molar-refractivity contribution is 5.80. The summed E-state index contributed by atoms with van der Waals surface area (Å²) in [5, 5.41) is 1.16. The number of hydrogen-bond acceptors (Lipinski definition) is 2. The molecule has 1 heterocycles. The summed E-state index contributed by atoms with van der Waals surface area (Å²) in [6.45, 7) is 0.632. The minimum atomic E-state index is 0.632. The van der Waals surface area contributed by atoms with Crippen LogP contribution in [0.3, 0.4) is 0 Å². The summed E-state index contributed by atoms with van der Waals surface area (Å²) in [4.78, 5) is 4.37. The van der Waals surface area contributed by atoms with Crippen molar-refractivity contribution in [1.29, 1.82) is 0 Å². The largest absolute Gasteiger partial charge is 0.381 e. The lowest BCUT2D eigenvalue weighted by Gasteiger charge is -1.98. The van der Waals surface area contributed by atoms with Gasteiger partial charge in [0, 0.05) is 18.7 Å². The van der Waals surface area contributed by atoms with Crippen LogP contribution in [0.2, 0.25) is 0 Å². The van der Waals surface area contributed by atoms with E-state index in [0.29, 0.717) is 6.61 Å². The average Bonchev–Trinajstić information content (AvgIpc) is 2.29. The van der Waals surface area contributed by atoms with Crippen molar-refractivity contribution in [2.75, 3.05) is 13.7 Å². The van der Waals surface area contributed by atoms with Crippen molar-refractivity contribution in [3.63, 3.8) is 0 Å². The molecule has 0 aliphatic carbocycles. The average molecular weight is 199 g/mol. The zero-order valence-corrected chi connectivity index (χ0v) is 8.68. The van der Waals surface area contributed by atoms with E-state index in [1.807, 2.05) is 36.5 Å². The van der Waals surface area contributed by atoms with Crippen LogP contribution in [0.1, 0.15) is 5.56 Å². The summed E-state index contributed by atoms with van der Waals surface area (Å²) >= 11 is 0. The normalized spacial score (nSPS) is 11.3. The number of para-hydroxylation sites is 1. The van der Waals surface area contributed by atoms with Gasteiger partial charge in [-0.2, -0.15) is 0 Å². The molecule has 0 aliphatic heterocycles. The molecule has 1 aromatic heterocycles. The van der Waals surface area contributed by atoms with Crippen molar-refractivity contribution in [2.45, 2.75) is 0 Å². The maximum absolute atomic E-state index is 4.94. The first-order chi connectivity index (χ1) is 7.40. The number of benzene rings is 1. The molecule has 0 radical (unpaired) electrons. The van der Waals surface area contributed by atoms with E-state index in [9.17, 15) is 0 Å². The van der Waals surface area contributed by atoms with Gasteiger partial charge in [-0.3, -0.25) is 4.98 Å². The van der Waals surface area contributed by atoms with E-state index in [2.05, 4.69) is 17.1 Å². The molecule has 0 unspecified atom stereocenters. The number of methoxy groups -OCH3 is 1. The molecule has 0 fully saturated rings. The van der Waals surface area contributed by atoms with Gasteiger partial charge in [-0.15, -0.1) is 0 Å². The first-order valence-electron chi connectivity index (χ1n) is 4.90. The Morgan fingerprint density at radius 3 is 3.07 bits per heavy atom. The Morgan fingerprint density at radius 1 is 1.33 bits per heavy atom. The third kappa shape index (κ3) is 2.42. The molecule has 0 N–H and O–H groups in total. The summed E-state index contributed by atoms with van der Waals surface area (Å²) < 4.78 is 4.94. The standard InChI is InChI=1S/C13H13NO/c1-15-8-4-5-11-9-12-6-2-3-7-13(12)14-10-11/h2-7,9-10H,8H2,1H3/b5-4+. The smallest absolute Gasteiger partial charge is 0.0702 e. The summed E-state index contributed by atoms with van der Waals surface area (Å²) in [5.74, 6) is 0. The number of nitrogens with zero attached hydrogens (tertiary/aromatic N) is 1. The second-order valence-electron chi connectivity index (χ2n) is 3.32. The molecule has 0 amide bonds. The number of ether oxygens (including phenoxy) is 1. The highest BCUT2D eigenvalue weighted by Gasteiger charge is 1.93. The number of aromatic nitrogens is 1. The molecule has 0 atom stereocenters. The first-order valence-corrected chi connectivity index (χ1v) is 4.90. The fourth-order valence-corrected chi connectivity index (χ4v) is 1.46. The molecule has 76 valence electrons. The molecule has 0 saturated carbocycles. The van der Waals surface area contributed by atoms with Gasteiger partial charge in [0.25, 0.3) is 0 Å². The van der Waals surface area contributed by atoms with Gasteiger partial charge in [-0.1, -0.05) is 30.4 Å². The first kappa shape index (κ1) is 9.87. The number of fused-ring (bicyclic) bond motifs is 1. The van der Waals surface area contributed by atoms with Crippen LogP contribution in [0.15, 0.2) is 42.6 Å². The maximum Gasteiger partial charge on any atom is 0.0702 e. The molecule has 15 heavy (non-hydrogen) atoms. The van der Waals surface area contributed by atoms with Crippen LogP contribution in [-0.4, -0.2) is 18.7 Å². The maximum atomic E-state index is 4.94. The van der Waals surface area contributed by atoms with Gasteiger partial charge in [-0.05, 0) is 17.7 Å². The fraction of sp³-hybridized carbons (Fsp3) is 0.154. The van der Waals surface area contributed by atoms with Crippen LogP contribution >= 0.6 is 0 Å². The van der Waals surface area contributed by atoms with Gasteiger partial charge in [0.05, 0.1) is 12.1 Å². The minimum absolute atomic E-state index is 0.632. The number of hydrogen-bond donors (Lipinski definition) is 0. The Hall–Kier alpha value is -1.67. The Morgan fingerprint density at radius 2 is 2.20 bits per heavy atom. The molecule has 0 bridgehead atoms. The molecule has 0 aliphatic rings. The highest BCUT2D eigenvalue weighted by atomic mass is 16.5. The van der Waals surface area contributed by atoms with Gasteiger partial charge < -0.3 is 4.74 Å². The SMILES string of the molecule is COC/C=C/c1cnc2ccccc2c1. The summed E-state index contributed by atoms with van der Waals surface area (Å²) in [5.41, 5.74) is 2.13. The molecule has 0 spiro atoms. The Labute approximate surface area is 89.2 Å². The van der Waals surface area contributed by atoms with E-state index in [4.69, 9.17) is 4.74 Å². The molecular weight excluding hydrogens is 186 g/mol. The third-order valence-electron chi connectivity index (χ3n) is 2.18. The van der Waals surface area contributed by atoms with E-state index in [0.717, 1.165) is 16.5 Å². The van der Waals surface area contributed by atoms with Gasteiger partial charge in [0.1, 0.15) is 0 Å². The van der Waals surface area contributed by atoms with Crippen molar-refractivity contribution in [3.8, 4) is 0 Å². The molecule has 1 aromatic carbocycles. The van der Waals surface area contributed by atoms with E-state index < -0.39 is 0 Å². The van der Waals surface area contributed by atoms with Gasteiger partial charge in [-0.25, -0.2) is 0 Å². The second kappa shape index (κ2) is 4.71. The van der Waals surface area contributed by atoms with E-state index in [1.165, 1.54) is 0 Å². The second-order valence-corrected chi connectivity index (χ2v) is 3.32. The topological polar surface area (TPSA) is 22.1 Å². The van der Waals surface area contributed by atoms with Crippen LogP contribution in [0.4, 0.5) is 0 Å². The molecular formula is C13H13NO. The lowest BCUT2D eigenvalue weighted by Crippen LogP contribution is -1.83. The molecule has 2 nitrogen and oxygen atoms in total. The van der Waals surface area contributed by atoms with Crippen LogP contribution in [-0.2, 0) is 4.74 Å². The van der Waals surface area contributed by atoms with E-state index in [-0.39, 0.29) is 0 Å².